The molecule has 0 spiro atoms. The van der Waals surface area contributed by atoms with Crippen molar-refractivity contribution >= 4 is 28.3 Å². The summed E-state index contributed by atoms with van der Waals surface area (Å²) in [5.41, 5.74) is -0.209. The van der Waals surface area contributed by atoms with Crippen LogP contribution in [-0.4, -0.2) is 33.3 Å². The zero-order chi connectivity index (χ0) is 10.1. The highest BCUT2D eigenvalue weighted by atomic mass is 32.2. The lowest BCUT2D eigenvalue weighted by molar-refractivity contribution is -0.0187. The lowest BCUT2D eigenvalue weighted by atomic mass is 10.3. The number of thioether (sulfide) groups is 1. The van der Waals surface area contributed by atoms with Gasteiger partial charge in [0.1, 0.15) is 10.0 Å². The predicted molar refractivity (Wildman–Crippen MR) is 62.1 cm³/mol. The van der Waals surface area contributed by atoms with Crippen molar-refractivity contribution in [2.45, 2.75) is 38.7 Å². The van der Waals surface area contributed by atoms with Crippen LogP contribution in [0.25, 0.3) is 0 Å². The molecule has 0 saturated carbocycles. The summed E-state index contributed by atoms with van der Waals surface area (Å²) in [5, 5.41) is 0.545. The maximum Gasteiger partial charge on any atom is 0.138 e. The Morgan fingerprint density at radius 2 is 2.15 bits per heavy atom. The van der Waals surface area contributed by atoms with Gasteiger partial charge in [0.15, 0.2) is 0 Å². The molecule has 2 nitrogen and oxygen atoms in total. The molecule has 13 heavy (non-hydrogen) atoms. The van der Waals surface area contributed by atoms with Crippen molar-refractivity contribution in [1.29, 1.82) is 0 Å². The minimum atomic E-state index is -0.209. The zero-order valence-corrected chi connectivity index (χ0v) is 10.3. The SMILES string of the molecule is CC(C)SC(=S)N1CCOC1(C)C. The van der Waals surface area contributed by atoms with Gasteiger partial charge in [0, 0.05) is 11.8 Å². The Morgan fingerprint density at radius 3 is 2.54 bits per heavy atom. The van der Waals surface area contributed by atoms with Crippen LogP contribution in [0.4, 0.5) is 0 Å². The van der Waals surface area contributed by atoms with Gasteiger partial charge in [-0.2, -0.15) is 0 Å². The molecule has 0 aliphatic carbocycles. The minimum Gasteiger partial charge on any atom is -0.354 e. The van der Waals surface area contributed by atoms with Crippen molar-refractivity contribution in [3.63, 3.8) is 0 Å². The Balaban J connectivity index is 2.56. The van der Waals surface area contributed by atoms with E-state index in [1.54, 1.807) is 11.8 Å². The Bertz CT molecular complexity index is 204. The molecule has 0 N–H and O–H groups in total. The first kappa shape index (κ1) is 11.3. The molecule has 0 aromatic heterocycles. The van der Waals surface area contributed by atoms with E-state index in [1.807, 2.05) is 0 Å². The van der Waals surface area contributed by atoms with Gasteiger partial charge >= 0.3 is 0 Å². The lowest BCUT2D eigenvalue weighted by Gasteiger charge is -2.32. The maximum atomic E-state index is 5.58. The van der Waals surface area contributed by atoms with E-state index in [0.29, 0.717) is 5.25 Å². The normalized spacial score (nSPS) is 21.2. The maximum absolute atomic E-state index is 5.58. The molecule has 0 amide bonds. The Labute approximate surface area is 90.0 Å². The van der Waals surface area contributed by atoms with Crippen LogP contribution in [0.1, 0.15) is 27.7 Å². The van der Waals surface area contributed by atoms with E-state index in [2.05, 4.69) is 32.6 Å². The fourth-order valence-electron chi connectivity index (χ4n) is 1.31. The monoisotopic (exact) mass is 219 g/mol. The van der Waals surface area contributed by atoms with Crippen LogP contribution in [0.15, 0.2) is 0 Å². The quantitative estimate of drug-likeness (QED) is 0.628. The van der Waals surface area contributed by atoms with E-state index in [4.69, 9.17) is 17.0 Å². The van der Waals surface area contributed by atoms with E-state index in [0.717, 1.165) is 17.5 Å². The summed E-state index contributed by atoms with van der Waals surface area (Å²) in [4.78, 5) is 2.16. The number of nitrogens with zero attached hydrogens (tertiary/aromatic N) is 1. The van der Waals surface area contributed by atoms with Crippen molar-refractivity contribution < 1.29 is 4.74 Å². The summed E-state index contributed by atoms with van der Waals surface area (Å²) in [7, 11) is 0. The molecule has 0 bridgehead atoms. The molecule has 1 rings (SSSR count). The summed E-state index contributed by atoms with van der Waals surface area (Å²) in [6, 6.07) is 0. The third-order valence-corrected chi connectivity index (χ3v) is 3.38. The van der Waals surface area contributed by atoms with Gasteiger partial charge in [0.05, 0.1) is 6.61 Å². The van der Waals surface area contributed by atoms with E-state index in [-0.39, 0.29) is 5.72 Å². The number of hydrogen-bond acceptors (Lipinski definition) is 3. The third kappa shape index (κ3) is 2.82. The van der Waals surface area contributed by atoms with Crippen molar-refractivity contribution in [3.8, 4) is 0 Å². The summed E-state index contributed by atoms with van der Waals surface area (Å²) in [6.07, 6.45) is 0. The van der Waals surface area contributed by atoms with Crippen molar-refractivity contribution in [1.82, 2.24) is 4.90 Å². The molecule has 1 heterocycles. The van der Waals surface area contributed by atoms with Gasteiger partial charge in [-0.15, -0.1) is 0 Å². The molecule has 4 heteroatoms. The molecule has 76 valence electrons. The largest absolute Gasteiger partial charge is 0.354 e. The third-order valence-electron chi connectivity index (χ3n) is 1.98. The van der Waals surface area contributed by atoms with E-state index >= 15 is 0 Å². The minimum absolute atomic E-state index is 0.209. The Hall–Kier alpha value is 0.200. The predicted octanol–water partition coefficient (Wildman–Crippen LogP) is 2.48. The van der Waals surface area contributed by atoms with Crippen LogP contribution >= 0.6 is 24.0 Å². The summed E-state index contributed by atoms with van der Waals surface area (Å²) < 4.78 is 6.54. The highest BCUT2D eigenvalue weighted by Crippen LogP contribution is 2.27. The molecular weight excluding hydrogens is 202 g/mol. The average molecular weight is 219 g/mol. The number of ether oxygens (including phenoxy) is 1. The lowest BCUT2D eigenvalue weighted by Crippen LogP contribution is -2.41. The van der Waals surface area contributed by atoms with Crippen molar-refractivity contribution in [2.75, 3.05) is 13.2 Å². The molecule has 0 unspecified atom stereocenters. The van der Waals surface area contributed by atoms with Crippen LogP contribution in [0.2, 0.25) is 0 Å². The van der Waals surface area contributed by atoms with Crippen LogP contribution < -0.4 is 0 Å². The van der Waals surface area contributed by atoms with Gasteiger partial charge in [-0.25, -0.2) is 0 Å². The van der Waals surface area contributed by atoms with Crippen LogP contribution in [-0.2, 0) is 4.74 Å². The number of rotatable bonds is 1. The second-order valence-electron chi connectivity index (χ2n) is 3.88. The molecule has 1 aliphatic rings. The highest BCUT2D eigenvalue weighted by Gasteiger charge is 2.34. The number of thiocarbonyl (C=S) groups is 1. The second kappa shape index (κ2) is 4.15. The van der Waals surface area contributed by atoms with Crippen LogP contribution in [0, 0.1) is 0 Å². The molecule has 1 saturated heterocycles. The summed E-state index contributed by atoms with van der Waals surface area (Å²) in [5.74, 6) is 0. The van der Waals surface area contributed by atoms with Gasteiger partial charge < -0.3 is 9.64 Å². The smallest absolute Gasteiger partial charge is 0.138 e. The molecule has 1 aliphatic heterocycles. The fraction of sp³-hybridized carbons (Fsp3) is 0.889. The molecule has 0 atom stereocenters. The Kier molecular flexibility index (Phi) is 3.60. The van der Waals surface area contributed by atoms with Crippen LogP contribution in [0.3, 0.4) is 0 Å². The van der Waals surface area contributed by atoms with Gasteiger partial charge in [-0.05, 0) is 13.8 Å². The van der Waals surface area contributed by atoms with Crippen molar-refractivity contribution in [3.05, 3.63) is 0 Å². The van der Waals surface area contributed by atoms with Gasteiger partial charge in [0.2, 0.25) is 0 Å². The van der Waals surface area contributed by atoms with Gasteiger partial charge in [-0.3, -0.25) is 0 Å². The second-order valence-corrected chi connectivity index (χ2v) is 6.09. The molecule has 1 fully saturated rings. The van der Waals surface area contributed by atoms with Gasteiger partial charge in [0.25, 0.3) is 0 Å². The van der Waals surface area contributed by atoms with E-state index in [9.17, 15) is 0 Å². The summed E-state index contributed by atoms with van der Waals surface area (Å²) >= 11 is 7.08. The average Bonchev–Trinajstić information content (AvgIpc) is 2.27. The fourth-order valence-corrected chi connectivity index (χ4v) is 3.04. The molecule has 0 radical (unpaired) electrons. The zero-order valence-electron chi connectivity index (χ0n) is 8.66. The molecule has 0 aromatic carbocycles. The Morgan fingerprint density at radius 1 is 1.54 bits per heavy atom. The highest BCUT2D eigenvalue weighted by molar-refractivity contribution is 8.23. The standard InChI is InChI=1S/C9H17NOS2/c1-7(2)13-8(12)10-5-6-11-9(10,3)4/h7H,5-6H2,1-4H3. The van der Waals surface area contributed by atoms with Crippen LogP contribution in [0.5, 0.6) is 0 Å². The molecular formula is C9H17NOS2. The van der Waals surface area contributed by atoms with E-state index in [1.165, 1.54) is 0 Å². The topological polar surface area (TPSA) is 12.5 Å². The van der Waals surface area contributed by atoms with Gasteiger partial charge in [-0.1, -0.05) is 37.8 Å². The summed E-state index contributed by atoms with van der Waals surface area (Å²) in [6.45, 7) is 10.1. The first-order valence-electron chi connectivity index (χ1n) is 4.55. The molecule has 0 aromatic rings. The van der Waals surface area contributed by atoms with Crippen molar-refractivity contribution in [2.24, 2.45) is 0 Å². The first-order valence-corrected chi connectivity index (χ1v) is 5.84. The first-order chi connectivity index (χ1) is 5.93. The number of hydrogen-bond donors (Lipinski definition) is 0. The van der Waals surface area contributed by atoms with E-state index < -0.39 is 0 Å².